The highest BCUT2D eigenvalue weighted by molar-refractivity contribution is 5.95. The molecule has 28 heavy (non-hydrogen) atoms. The van der Waals surface area contributed by atoms with Crippen molar-refractivity contribution in [3.8, 4) is 0 Å². The zero-order valence-corrected chi connectivity index (χ0v) is 16.3. The summed E-state index contributed by atoms with van der Waals surface area (Å²) in [6.45, 7) is 6.06. The van der Waals surface area contributed by atoms with Crippen LogP contribution in [0.25, 0.3) is 0 Å². The molecule has 6 nitrogen and oxygen atoms in total. The number of nitrogens with zero attached hydrogens (tertiary/aromatic N) is 2. The number of nitrogens with one attached hydrogen (secondary N) is 3. The summed E-state index contributed by atoms with van der Waals surface area (Å²) in [7, 11) is 1.58. The lowest BCUT2D eigenvalue weighted by Gasteiger charge is -2.30. The van der Waals surface area contributed by atoms with Crippen molar-refractivity contribution in [3.63, 3.8) is 0 Å². The molecule has 1 aliphatic rings. The molecule has 1 saturated heterocycles. The monoisotopic (exact) mass is 399 g/mol. The van der Waals surface area contributed by atoms with E-state index < -0.39 is 29.0 Å². The van der Waals surface area contributed by atoms with Gasteiger partial charge in [-0.1, -0.05) is 6.92 Å². The van der Waals surface area contributed by atoms with Crippen LogP contribution in [0.1, 0.15) is 26.2 Å². The molecule has 0 atom stereocenters. The molecule has 156 valence electrons. The van der Waals surface area contributed by atoms with E-state index in [2.05, 4.69) is 32.8 Å². The number of benzene rings is 1. The third-order valence-electron chi connectivity index (χ3n) is 4.77. The van der Waals surface area contributed by atoms with E-state index in [0.717, 1.165) is 44.1 Å². The Morgan fingerprint density at radius 2 is 1.89 bits per heavy atom. The second-order valence-electron chi connectivity index (χ2n) is 7.00. The molecule has 0 radical (unpaired) electrons. The summed E-state index contributed by atoms with van der Waals surface area (Å²) >= 11 is 0. The van der Waals surface area contributed by atoms with Crippen LogP contribution in [-0.2, 0) is 4.79 Å². The molecule has 1 aliphatic heterocycles. The molecule has 0 aliphatic carbocycles. The first-order valence-corrected chi connectivity index (χ1v) is 9.51. The SMILES string of the molecule is CN=C(NCCCN1CCC(C)CC1)NCC(=O)Nc1ccc(F)c(F)c1F. The number of halogens is 3. The van der Waals surface area contributed by atoms with E-state index in [1.165, 1.54) is 12.8 Å². The van der Waals surface area contributed by atoms with Crippen molar-refractivity contribution in [3.05, 3.63) is 29.6 Å². The van der Waals surface area contributed by atoms with Gasteiger partial charge >= 0.3 is 0 Å². The minimum atomic E-state index is -1.62. The first-order chi connectivity index (χ1) is 13.4. The van der Waals surface area contributed by atoms with Crippen LogP contribution >= 0.6 is 0 Å². The van der Waals surface area contributed by atoms with Gasteiger partial charge in [0.25, 0.3) is 0 Å². The number of amides is 1. The summed E-state index contributed by atoms with van der Waals surface area (Å²) in [5.74, 6) is -3.71. The van der Waals surface area contributed by atoms with Gasteiger partial charge in [0.2, 0.25) is 5.91 Å². The predicted molar refractivity (Wildman–Crippen MR) is 104 cm³/mol. The molecule has 1 aromatic carbocycles. The number of carbonyl (C=O) groups is 1. The van der Waals surface area contributed by atoms with Crippen molar-refractivity contribution >= 4 is 17.6 Å². The van der Waals surface area contributed by atoms with Gasteiger partial charge in [0, 0.05) is 13.6 Å². The summed E-state index contributed by atoms with van der Waals surface area (Å²) in [6, 6.07) is 1.73. The fraction of sp³-hybridized carbons (Fsp3) is 0.579. The van der Waals surface area contributed by atoms with E-state index in [-0.39, 0.29) is 6.54 Å². The Kier molecular flexibility index (Phi) is 8.56. The summed E-state index contributed by atoms with van der Waals surface area (Å²) in [5, 5.41) is 8.11. The maximum absolute atomic E-state index is 13.6. The van der Waals surface area contributed by atoms with Crippen LogP contribution in [-0.4, -0.2) is 56.5 Å². The van der Waals surface area contributed by atoms with Gasteiger partial charge in [-0.05, 0) is 56.9 Å². The lowest BCUT2D eigenvalue weighted by Crippen LogP contribution is -2.42. The highest BCUT2D eigenvalue weighted by Gasteiger charge is 2.16. The Hall–Kier alpha value is -2.29. The fourth-order valence-electron chi connectivity index (χ4n) is 3.00. The number of likely N-dealkylation sites (tertiary alicyclic amines) is 1. The summed E-state index contributed by atoms with van der Waals surface area (Å²) in [4.78, 5) is 18.4. The molecule has 3 N–H and O–H groups in total. The van der Waals surface area contributed by atoms with Gasteiger partial charge in [0.05, 0.1) is 12.2 Å². The van der Waals surface area contributed by atoms with Crippen LogP contribution in [0.15, 0.2) is 17.1 Å². The number of carbonyl (C=O) groups excluding carboxylic acids is 1. The topological polar surface area (TPSA) is 68.8 Å². The van der Waals surface area contributed by atoms with Crippen molar-refractivity contribution in [1.29, 1.82) is 0 Å². The van der Waals surface area contributed by atoms with Gasteiger partial charge in [0.1, 0.15) is 0 Å². The number of rotatable bonds is 7. The van der Waals surface area contributed by atoms with Crippen LogP contribution in [0.2, 0.25) is 0 Å². The summed E-state index contributed by atoms with van der Waals surface area (Å²) < 4.78 is 39.7. The molecule has 0 bridgehead atoms. The van der Waals surface area contributed by atoms with Crippen LogP contribution in [0.4, 0.5) is 18.9 Å². The zero-order chi connectivity index (χ0) is 20.5. The largest absolute Gasteiger partial charge is 0.356 e. The predicted octanol–water partition coefficient (Wildman–Crippen LogP) is 2.33. The highest BCUT2D eigenvalue weighted by atomic mass is 19.2. The van der Waals surface area contributed by atoms with Gasteiger partial charge in [-0.25, -0.2) is 13.2 Å². The van der Waals surface area contributed by atoms with Crippen molar-refractivity contribution in [1.82, 2.24) is 15.5 Å². The maximum Gasteiger partial charge on any atom is 0.243 e. The minimum Gasteiger partial charge on any atom is -0.356 e. The average molecular weight is 399 g/mol. The van der Waals surface area contributed by atoms with Gasteiger partial charge in [-0.15, -0.1) is 0 Å². The average Bonchev–Trinajstić information content (AvgIpc) is 2.69. The Bertz CT molecular complexity index is 690. The van der Waals surface area contributed by atoms with Crippen LogP contribution < -0.4 is 16.0 Å². The quantitative estimate of drug-likeness (QED) is 0.285. The number of piperidine rings is 1. The number of guanidine groups is 1. The molecule has 0 spiro atoms. The first kappa shape index (κ1) is 22.0. The van der Waals surface area contributed by atoms with Crippen molar-refractivity contribution < 1.29 is 18.0 Å². The Morgan fingerprint density at radius 1 is 1.18 bits per heavy atom. The van der Waals surface area contributed by atoms with Crippen LogP contribution in [0.3, 0.4) is 0 Å². The fourth-order valence-corrected chi connectivity index (χ4v) is 3.00. The lowest BCUT2D eigenvalue weighted by molar-refractivity contribution is -0.115. The second kappa shape index (κ2) is 10.9. The second-order valence-corrected chi connectivity index (χ2v) is 7.00. The lowest BCUT2D eigenvalue weighted by atomic mass is 9.99. The summed E-state index contributed by atoms with van der Waals surface area (Å²) in [6.07, 6.45) is 3.43. The van der Waals surface area contributed by atoms with E-state index in [1.54, 1.807) is 7.05 Å². The van der Waals surface area contributed by atoms with Crippen LogP contribution in [0.5, 0.6) is 0 Å². The Morgan fingerprint density at radius 3 is 2.57 bits per heavy atom. The molecule has 9 heteroatoms. The third kappa shape index (κ3) is 6.70. The van der Waals surface area contributed by atoms with Gasteiger partial charge in [0.15, 0.2) is 23.4 Å². The van der Waals surface area contributed by atoms with E-state index in [9.17, 15) is 18.0 Å². The molecule has 0 aromatic heterocycles. The van der Waals surface area contributed by atoms with E-state index in [0.29, 0.717) is 12.5 Å². The highest BCUT2D eigenvalue weighted by Crippen LogP contribution is 2.19. The molecule has 2 rings (SSSR count). The number of hydrogen-bond acceptors (Lipinski definition) is 3. The number of aliphatic imine (C=N–C) groups is 1. The molecule has 1 fully saturated rings. The van der Waals surface area contributed by atoms with Crippen molar-refractivity contribution in [2.45, 2.75) is 26.2 Å². The smallest absolute Gasteiger partial charge is 0.243 e. The molecular formula is C19H28F3N5O. The molecule has 1 heterocycles. The molecular weight excluding hydrogens is 371 g/mol. The molecule has 1 aromatic rings. The zero-order valence-electron chi connectivity index (χ0n) is 16.3. The maximum atomic E-state index is 13.6. The van der Waals surface area contributed by atoms with Crippen LogP contribution in [0, 0.1) is 23.4 Å². The number of anilines is 1. The van der Waals surface area contributed by atoms with Gasteiger partial charge < -0.3 is 20.9 Å². The van der Waals surface area contributed by atoms with Crippen molar-refractivity contribution in [2.24, 2.45) is 10.9 Å². The van der Waals surface area contributed by atoms with Gasteiger partial charge in [-0.3, -0.25) is 9.79 Å². The third-order valence-corrected chi connectivity index (χ3v) is 4.77. The van der Waals surface area contributed by atoms with E-state index in [4.69, 9.17) is 0 Å². The van der Waals surface area contributed by atoms with Gasteiger partial charge in [-0.2, -0.15) is 0 Å². The standard InChI is InChI=1S/C19H28F3N5O/c1-13-6-10-27(11-7-13)9-3-8-24-19(23-2)25-12-16(28)26-15-5-4-14(20)17(21)18(15)22/h4-5,13H,3,6-12H2,1-2H3,(H,26,28)(H2,23,24,25). The normalized spacial score (nSPS) is 16.1. The molecule has 0 unspecified atom stereocenters. The Labute approximate surface area is 163 Å². The molecule has 1 amide bonds. The molecule has 0 saturated carbocycles. The summed E-state index contributed by atoms with van der Waals surface area (Å²) in [5.41, 5.74) is -0.413. The van der Waals surface area contributed by atoms with E-state index >= 15 is 0 Å². The minimum absolute atomic E-state index is 0.192. The Balaban J connectivity index is 1.67. The van der Waals surface area contributed by atoms with E-state index in [1.807, 2.05) is 0 Å². The number of hydrogen-bond donors (Lipinski definition) is 3. The van der Waals surface area contributed by atoms with Crippen molar-refractivity contribution in [2.75, 3.05) is 45.1 Å². The first-order valence-electron chi connectivity index (χ1n) is 9.51.